The molecule has 0 bridgehead atoms. The summed E-state index contributed by atoms with van der Waals surface area (Å²) in [6.45, 7) is 2.64. The van der Waals surface area contributed by atoms with E-state index in [-0.39, 0.29) is 24.2 Å². The van der Waals surface area contributed by atoms with E-state index in [0.29, 0.717) is 36.4 Å². The molecule has 1 aromatic rings. The lowest BCUT2D eigenvalue weighted by Gasteiger charge is -2.39. The predicted octanol–water partition coefficient (Wildman–Crippen LogP) is 2.60. The van der Waals surface area contributed by atoms with E-state index in [1.54, 1.807) is 14.0 Å². The predicted molar refractivity (Wildman–Crippen MR) is 91.2 cm³/mol. The Morgan fingerprint density at radius 1 is 1.24 bits per heavy atom. The number of benzene rings is 1. The summed E-state index contributed by atoms with van der Waals surface area (Å²) in [6, 6.07) is 4.11. The van der Waals surface area contributed by atoms with Crippen molar-refractivity contribution in [2.75, 3.05) is 20.3 Å². The highest BCUT2D eigenvalue weighted by Crippen LogP contribution is 2.47. The van der Waals surface area contributed by atoms with Gasteiger partial charge in [0.2, 0.25) is 11.7 Å². The summed E-state index contributed by atoms with van der Waals surface area (Å²) in [5.74, 6) is 2.47. The highest BCUT2D eigenvalue weighted by atomic mass is 16.6. The molecule has 0 unspecified atom stereocenters. The maximum absolute atomic E-state index is 11.6. The van der Waals surface area contributed by atoms with Crippen LogP contribution in [-0.4, -0.2) is 38.4 Å². The Hall–Kier alpha value is -1.95. The van der Waals surface area contributed by atoms with Crippen molar-refractivity contribution < 1.29 is 23.7 Å². The number of nitrogens with one attached hydrogen (secondary N) is 1. The molecule has 2 aliphatic heterocycles. The molecule has 4 rings (SSSR count). The normalized spacial score (nSPS) is 30.5. The summed E-state index contributed by atoms with van der Waals surface area (Å²) in [7, 11) is 1.63. The van der Waals surface area contributed by atoms with Gasteiger partial charge in [-0.1, -0.05) is 6.42 Å². The van der Waals surface area contributed by atoms with Crippen LogP contribution in [0, 0.1) is 5.92 Å². The van der Waals surface area contributed by atoms with Crippen LogP contribution in [0.4, 0.5) is 0 Å². The maximum Gasteiger partial charge on any atom is 0.217 e. The minimum Gasteiger partial charge on any atom is -0.493 e. The van der Waals surface area contributed by atoms with Crippen molar-refractivity contribution in [3.05, 3.63) is 17.7 Å². The third-order valence-corrected chi connectivity index (χ3v) is 5.44. The molecule has 2 heterocycles. The Balaban J connectivity index is 1.63. The van der Waals surface area contributed by atoms with E-state index in [2.05, 4.69) is 5.32 Å². The summed E-state index contributed by atoms with van der Waals surface area (Å²) in [5, 5.41) is 3.14. The molecule has 1 aromatic carbocycles. The summed E-state index contributed by atoms with van der Waals surface area (Å²) >= 11 is 0. The summed E-state index contributed by atoms with van der Waals surface area (Å²) < 4.78 is 23.3. The molecule has 6 nitrogen and oxygen atoms in total. The number of carbonyl (C=O) groups excluding carboxylic acids is 1. The monoisotopic (exact) mass is 347 g/mol. The third-order valence-electron chi connectivity index (χ3n) is 5.44. The van der Waals surface area contributed by atoms with Crippen molar-refractivity contribution >= 4 is 5.91 Å². The molecular weight excluding hydrogens is 322 g/mol. The average Bonchev–Trinajstić information content (AvgIpc) is 3.09. The molecule has 1 aliphatic carbocycles. The van der Waals surface area contributed by atoms with Crippen LogP contribution >= 0.6 is 0 Å². The molecule has 2 fully saturated rings. The third kappa shape index (κ3) is 3.15. The zero-order chi connectivity index (χ0) is 17.4. The number of rotatable bonds is 3. The van der Waals surface area contributed by atoms with E-state index in [1.807, 2.05) is 12.1 Å². The molecule has 1 saturated heterocycles. The number of fused-ring (bicyclic) bond motifs is 2. The smallest absolute Gasteiger partial charge is 0.217 e. The van der Waals surface area contributed by atoms with Crippen LogP contribution in [0.25, 0.3) is 0 Å². The van der Waals surface area contributed by atoms with E-state index in [9.17, 15) is 4.79 Å². The second kappa shape index (κ2) is 6.75. The van der Waals surface area contributed by atoms with Crippen molar-refractivity contribution in [2.45, 2.75) is 50.9 Å². The Morgan fingerprint density at radius 3 is 2.88 bits per heavy atom. The lowest BCUT2D eigenvalue weighted by Crippen LogP contribution is -2.47. The zero-order valence-electron chi connectivity index (χ0n) is 14.7. The largest absolute Gasteiger partial charge is 0.493 e. The highest BCUT2D eigenvalue weighted by Gasteiger charge is 2.42. The molecular formula is C19H25NO5. The lowest BCUT2D eigenvalue weighted by atomic mass is 9.86. The van der Waals surface area contributed by atoms with Crippen molar-refractivity contribution in [3.8, 4) is 17.2 Å². The molecule has 136 valence electrons. The molecule has 1 saturated carbocycles. The number of ether oxygens (including phenoxy) is 4. The standard InChI is InChI=1S/C19H25NO5/c1-11(21)20-14-10-16(25-15-5-3-4-13(14)15)12-8-17(22-2)19-18(9-12)23-6-7-24-19/h8-9,13-16H,3-7,10H2,1-2H3,(H,20,21)/t13-,14+,15+,16+/m0/s1. The fraction of sp³-hybridized carbons (Fsp3) is 0.632. The minimum absolute atomic E-state index is 0.0241. The molecule has 0 radical (unpaired) electrons. The van der Waals surface area contributed by atoms with Gasteiger partial charge in [-0.25, -0.2) is 0 Å². The Bertz CT molecular complexity index is 644. The highest BCUT2D eigenvalue weighted by molar-refractivity contribution is 5.73. The summed E-state index contributed by atoms with van der Waals surface area (Å²) in [6.07, 6.45) is 4.22. The molecule has 3 aliphatic rings. The van der Waals surface area contributed by atoms with Crippen LogP contribution in [0.15, 0.2) is 12.1 Å². The van der Waals surface area contributed by atoms with E-state index in [0.717, 1.165) is 31.2 Å². The second-order valence-electron chi connectivity index (χ2n) is 7.05. The topological polar surface area (TPSA) is 66.0 Å². The van der Waals surface area contributed by atoms with Gasteiger partial charge >= 0.3 is 0 Å². The van der Waals surface area contributed by atoms with E-state index in [4.69, 9.17) is 18.9 Å². The van der Waals surface area contributed by atoms with E-state index in [1.165, 1.54) is 0 Å². The van der Waals surface area contributed by atoms with Gasteiger partial charge in [0.25, 0.3) is 0 Å². The van der Waals surface area contributed by atoms with Gasteiger partial charge in [0, 0.05) is 18.9 Å². The van der Waals surface area contributed by atoms with Gasteiger partial charge in [0.15, 0.2) is 11.5 Å². The molecule has 1 amide bonds. The minimum atomic E-state index is -0.0825. The van der Waals surface area contributed by atoms with Gasteiger partial charge in [-0.3, -0.25) is 4.79 Å². The first-order valence-corrected chi connectivity index (χ1v) is 9.06. The van der Waals surface area contributed by atoms with Gasteiger partial charge in [0.1, 0.15) is 13.2 Å². The average molecular weight is 347 g/mol. The van der Waals surface area contributed by atoms with Crippen molar-refractivity contribution in [3.63, 3.8) is 0 Å². The number of hydrogen-bond donors (Lipinski definition) is 1. The van der Waals surface area contributed by atoms with Crippen LogP contribution in [0.1, 0.15) is 44.3 Å². The quantitative estimate of drug-likeness (QED) is 0.910. The second-order valence-corrected chi connectivity index (χ2v) is 7.05. The summed E-state index contributed by atoms with van der Waals surface area (Å²) in [5.41, 5.74) is 1.02. The number of amides is 1. The Labute approximate surface area is 147 Å². The maximum atomic E-state index is 11.6. The lowest BCUT2D eigenvalue weighted by molar-refractivity contribution is -0.124. The number of hydrogen-bond acceptors (Lipinski definition) is 5. The van der Waals surface area contributed by atoms with Gasteiger partial charge in [0.05, 0.1) is 19.3 Å². The van der Waals surface area contributed by atoms with Crippen LogP contribution < -0.4 is 19.5 Å². The number of carbonyl (C=O) groups is 1. The number of methoxy groups -OCH3 is 1. The first kappa shape index (κ1) is 16.5. The van der Waals surface area contributed by atoms with Crippen LogP contribution in [0.5, 0.6) is 17.2 Å². The Morgan fingerprint density at radius 2 is 2.08 bits per heavy atom. The van der Waals surface area contributed by atoms with E-state index < -0.39 is 0 Å². The fourth-order valence-electron chi connectivity index (χ4n) is 4.38. The molecule has 4 atom stereocenters. The van der Waals surface area contributed by atoms with Gasteiger partial charge < -0.3 is 24.3 Å². The molecule has 6 heteroatoms. The molecule has 25 heavy (non-hydrogen) atoms. The molecule has 0 aromatic heterocycles. The van der Waals surface area contributed by atoms with E-state index >= 15 is 0 Å². The fourth-order valence-corrected chi connectivity index (χ4v) is 4.38. The molecule has 1 N–H and O–H groups in total. The van der Waals surface area contributed by atoms with Crippen molar-refractivity contribution in [2.24, 2.45) is 5.92 Å². The first-order valence-electron chi connectivity index (χ1n) is 9.06. The van der Waals surface area contributed by atoms with Crippen molar-refractivity contribution in [1.29, 1.82) is 0 Å². The van der Waals surface area contributed by atoms with Gasteiger partial charge in [-0.05, 0) is 37.0 Å². The first-order chi connectivity index (χ1) is 12.2. The Kier molecular flexibility index (Phi) is 4.46. The SMILES string of the molecule is COc1cc([C@H]2C[C@@H](NC(C)=O)[C@@H]3CCC[C@H]3O2)cc2c1OCCO2. The van der Waals surface area contributed by atoms with Crippen LogP contribution in [0.2, 0.25) is 0 Å². The van der Waals surface area contributed by atoms with Crippen LogP contribution in [0.3, 0.4) is 0 Å². The van der Waals surface area contributed by atoms with Gasteiger partial charge in [-0.2, -0.15) is 0 Å². The zero-order valence-corrected chi connectivity index (χ0v) is 14.7. The van der Waals surface area contributed by atoms with Crippen LogP contribution in [-0.2, 0) is 9.53 Å². The molecule has 0 spiro atoms. The van der Waals surface area contributed by atoms with Crippen molar-refractivity contribution in [1.82, 2.24) is 5.32 Å². The van der Waals surface area contributed by atoms with Gasteiger partial charge in [-0.15, -0.1) is 0 Å². The summed E-state index contributed by atoms with van der Waals surface area (Å²) in [4.78, 5) is 11.6.